The summed E-state index contributed by atoms with van der Waals surface area (Å²) in [6, 6.07) is 10.8. The molecule has 0 saturated heterocycles. The van der Waals surface area contributed by atoms with Gasteiger partial charge in [0.05, 0.1) is 16.0 Å². The molecule has 0 aliphatic heterocycles. The van der Waals surface area contributed by atoms with Crippen LogP contribution in [0.1, 0.15) is 31.7 Å². The molecular formula is C18H18Cl2N2O3. The molecule has 1 heterocycles. The third kappa shape index (κ3) is 5.18. The van der Waals surface area contributed by atoms with E-state index in [2.05, 4.69) is 10.3 Å². The number of carbonyl (C=O) groups is 2. The first-order valence-corrected chi connectivity index (χ1v) is 8.55. The maximum absolute atomic E-state index is 12.4. The highest BCUT2D eigenvalue weighted by Gasteiger charge is 2.25. The highest BCUT2D eigenvalue weighted by Crippen LogP contribution is 2.24. The van der Waals surface area contributed by atoms with E-state index in [0.29, 0.717) is 11.4 Å². The minimum absolute atomic E-state index is 0.161. The Hall–Kier alpha value is -2.11. The highest BCUT2D eigenvalue weighted by molar-refractivity contribution is 6.36. The molecule has 0 radical (unpaired) electrons. The van der Waals surface area contributed by atoms with E-state index in [4.69, 9.17) is 27.9 Å². The minimum atomic E-state index is -0.987. The average Bonchev–Trinajstić information content (AvgIpc) is 2.58. The molecule has 132 valence electrons. The number of esters is 1. The lowest BCUT2D eigenvalue weighted by molar-refractivity contribution is -0.154. The Bertz CT molecular complexity index is 753. The van der Waals surface area contributed by atoms with Gasteiger partial charge < -0.3 is 10.1 Å². The number of ether oxygens (including phenoxy) is 1. The Kier molecular flexibility index (Phi) is 6.79. The van der Waals surface area contributed by atoms with Gasteiger partial charge in [0.25, 0.3) is 5.91 Å². The van der Waals surface area contributed by atoms with E-state index in [1.165, 1.54) is 19.2 Å². The molecule has 2 aromatic rings. The molecule has 2 atom stereocenters. The third-order valence-corrected chi connectivity index (χ3v) is 4.10. The molecule has 1 amide bonds. The van der Waals surface area contributed by atoms with Gasteiger partial charge in [-0.3, -0.25) is 9.59 Å². The maximum atomic E-state index is 12.4. The molecule has 2 unspecified atom stereocenters. The van der Waals surface area contributed by atoms with Gasteiger partial charge in [0, 0.05) is 6.20 Å². The zero-order valence-corrected chi connectivity index (χ0v) is 15.3. The van der Waals surface area contributed by atoms with Crippen LogP contribution in [0.3, 0.4) is 0 Å². The predicted molar refractivity (Wildman–Crippen MR) is 97.9 cm³/mol. The molecular weight excluding hydrogens is 363 g/mol. The van der Waals surface area contributed by atoms with Crippen molar-refractivity contribution < 1.29 is 14.3 Å². The second kappa shape index (κ2) is 8.83. The molecule has 7 heteroatoms. The summed E-state index contributed by atoms with van der Waals surface area (Å²) in [7, 11) is 0. The molecule has 0 aliphatic carbocycles. The summed E-state index contributed by atoms with van der Waals surface area (Å²) in [5.74, 6) is -1.23. The number of nitrogens with zero attached hydrogens (tertiary/aromatic N) is 1. The van der Waals surface area contributed by atoms with Gasteiger partial charge in [0.15, 0.2) is 11.9 Å². The van der Waals surface area contributed by atoms with Crippen LogP contribution in [-0.4, -0.2) is 23.0 Å². The number of amides is 1. The Morgan fingerprint density at radius 1 is 1.24 bits per heavy atom. The van der Waals surface area contributed by atoms with Crippen molar-refractivity contribution in [2.45, 2.75) is 32.3 Å². The molecule has 2 rings (SSSR count). The number of rotatable bonds is 6. The number of hydrogen-bond donors (Lipinski definition) is 1. The van der Waals surface area contributed by atoms with Crippen LogP contribution in [0, 0.1) is 0 Å². The van der Waals surface area contributed by atoms with E-state index in [1.807, 2.05) is 37.3 Å². The topological polar surface area (TPSA) is 68.3 Å². The number of halogens is 2. The SMILES string of the molecule is CCC(C(=O)OC(C)C(=O)Nc1ncc(Cl)cc1Cl)c1ccccc1. The van der Waals surface area contributed by atoms with Gasteiger partial charge in [-0.25, -0.2) is 4.98 Å². The summed E-state index contributed by atoms with van der Waals surface area (Å²) in [4.78, 5) is 28.5. The number of aromatic nitrogens is 1. The Labute approximate surface area is 156 Å². The Morgan fingerprint density at radius 2 is 1.92 bits per heavy atom. The van der Waals surface area contributed by atoms with Crippen LogP contribution < -0.4 is 5.32 Å². The van der Waals surface area contributed by atoms with Crippen molar-refractivity contribution >= 4 is 40.9 Å². The quantitative estimate of drug-likeness (QED) is 0.751. The van der Waals surface area contributed by atoms with Crippen LogP contribution in [0.15, 0.2) is 42.6 Å². The van der Waals surface area contributed by atoms with Crippen molar-refractivity contribution in [2.24, 2.45) is 0 Å². The molecule has 0 saturated carbocycles. The molecule has 5 nitrogen and oxygen atoms in total. The molecule has 0 fully saturated rings. The highest BCUT2D eigenvalue weighted by atomic mass is 35.5. The molecule has 1 aromatic carbocycles. The number of carbonyl (C=O) groups excluding carboxylic acids is 2. The van der Waals surface area contributed by atoms with E-state index in [9.17, 15) is 9.59 Å². The van der Waals surface area contributed by atoms with Crippen molar-refractivity contribution in [1.29, 1.82) is 0 Å². The van der Waals surface area contributed by atoms with Gasteiger partial charge in [-0.1, -0.05) is 60.5 Å². The predicted octanol–water partition coefficient (Wildman–Crippen LogP) is 4.45. The Morgan fingerprint density at radius 3 is 2.52 bits per heavy atom. The van der Waals surface area contributed by atoms with E-state index in [0.717, 1.165) is 5.56 Å². The normalized spacial score (nSPS) is 13.0. The largest absolute Gasteiger partial charge is 0.452 e. The van der Waals surface area contributed by atoms with Gasteiger partial charge in [0.1, 0.15) is 0 Å². The summed E-state index contributed by atoms with van der Waals surface area (Å²) in [6.07, 6.45) is 0.947. The zero-order valence-electron chi connectivity index (χ0n) is 13.8. The summed E-state index contributed by atoms with van der Waals surface area (Å²) < 4.78 is 5.31. The summed E-state index contributed by atoms with van der Waals surface area (Å²) in [6.45, 7) is 3.38. The average molecular weight is 381 g/mol. The van der Waals surface area contributed by atoms with Crippen LogP contribution >= 0.6 is 23.2 Å². The number of hydrogen-bond acceptors (Lipinski definition) is 4. The van der Waals surface area contributed by atoms with E-state index >= 15 is 0 Å². The fourth-order valence-corrected chi connectivity index (χ4v) is 2.69. The van der Waals surface area contributed by atoms with Crippen molar-refractivity contribution in [3.63, 3.8) is 0 Å². The van der Waals surface area contributed by atoms with Crippen LogP contribution in [0.25, 0.3) is 0 Å². The lowest BCUT2D eigenvalue weighted by atomic mass is 9.97. The first-order chi connectivity index (χ1) is 11.9. The minimum Gasteiger partial charge on any atom is -0.452 e. The molecule has 0 aliphatic rings. The summed E-state index contributed by atoms with van der Waals surface area (Å²) in [5.41, 5.74) is 0.852. The number of benzene rings is 1. The zero-order chi connectivity index (χ0) is 18.4. The summed E-state index contributed by atoms with van der Waals surface area (Å²) >= 11 is 11.7. The van der Waals surface area contributed by atoms with Gasteiger partial charge in [-0.2, -0.15) is 0 Å². The maximum Gasteiger partial charge on any atom is 0.314 e. The standard InChI is InChI=1S/C18H18Cl2N2O3/c1-3-14(12-7-5-4-6-8-12)18(24)25-11(2)17(23)22-16-15(20)9-13(19)10-21-16/h4-11,14H,3H2,1-2H3,(H,21,22,23). The van der Waals surface area contributed by atoms with Gasteiger partial charge in [-0.05, 0) is 25.0 Å². The van der Waals surface area contributed by atoms with E-state index < -0.39 is 23.9 Å². The second-order valence-electron chi connectivity index (χ2n) is 5.42. The van der Waals surface area contributed by atoms with Gasteiger partial charge in [0.2, 0.25) is 0 Å². The molecule has 1 aromatic heterocycles. The van der Waals surface area contributed by atoms with Crippen LogP contribution in [0.5, 0.6) is 0 Å². The number of nitrogens with one attached hydrogen (secondary N) is 1. The smallest absolute Gasteiger partial charge is 0.314 e. The monoisotopic (exact) mass is 380 g/mol. The lowest BCUT2D eigenvalue weighted by Crippen LogP contribution is -2.32. The van der Waals surface area contributed by atoms with Gasteiger partial charge in [-0.15, -0.1) is 0 Å². The van der Waals surface area contributed by atoms with Crippen molar-refractivity contribution in [1.82, 2.24) is 4.98 Å². The van der Waals surface area contributed by atoms with Gasteiger partial charge >= 0.3 is 5.97 Å². The van der Waals surface area contributed by atoms with Crippen molar-refractivity contribution in [2.75, 3.05) is 5.32 Å². The van der Waals surface area contributed by atoms with E-state index in [1.54, 1.807) is 0 Å². The third-order valence-electron chi connectivity index (χ3n) is 3.61. The number of pyridine rings is 1. The first kappa shape index (κ1) is 19.2. The summed E-state index contributed by atoms with van der Waals surface area (Å²) in [5, 5.41) is 3.08. The first-order valence-electron chi connectivity index (χ1n) is 7.79. The van der Waals surface area contributed by atoms with Crippen LogP contribution in [0.2, 0.25) is 10.0 Å². The van der Waals surface area contributed by atoms with Crippen molar-refractivity contribution in [3.05, 3.63) is 58.2 Å². The van der Waals surface area contributed by atoms with Crippen LogP contribution in [0.4, 0.5) is 5.82 Å². The Balaban J connectivity index is 2.01. The fraction of sp³-hybridized carbons (Fsp3) is 0.278. The molecule has 1 N–H and O–H groups in total. The van der Waals surface area contributed by atoms with Crippen LogP contribution in [-0.2, 0) is 14.3 Å². The molecule has 0 spiro atoms. The molecule has 0 bridgehead atoms. The van der Waals surface area contributed by atoms with Crippen molar-refractivity contribution in [3.8, 4) is 0 Å². The fourth-order valence-electron chi connectivity index (χ4n) is 2.26. The lowest BCUT2D eigenvalue weighted by Gasteiger charge is -2.18. The molecule has 25 heavy (non-hydrogen) atoms. The van der Waals surface area contributed by atoms with E-state index in [-0.39, 0.29) is 10.8 Å². The second-order valence-corrected chi connectivity index (χ2v) is 6.27. The number of anilines is 1.